The molecule has 1 unspecified atom stereocenters. The first-order chi connectivity index (χ1) is 12.6. The van der Waals surface area contributed by atoms with Crippen molar-refractivity contribution in [3.8, 4) is 0 Å². The van der Waals surface area contributed by atoms with Crippen molar-refractivity contribution in [1.82, 2.24) is 25.2 Å². The first-order valence-electron chi connectivity index (χ1n) is 9.69. The van der Waals surface area contributed by atoms with Crippen LogP contribution in [-0.4, -0.2) is 25.8 Å². The average molecular weight is 357 g/mol. The van der Waals surface area contributed by atoms with Crippen molar-refractivity contribution in [3.63, 3.8) is 0 Å². The molecule has 4 rings (SSSR count). The highest BCUT2D eigenvalue weighted by atomic mass is 16.5. The molecule has 0 aromatic carbocycles. The molecule has 0 saturated heterocycles. The normalized spacial score (nSPS) is 24.8. The second-order valence-electron chi connectivity index (χ2n) is 7.86. The Hall–Kier alpha value is -2.18. The van der Waals surface area contributed by atoms with Gasteiger partial charge in [0.25, 0.3) is 0 Å². The highest BCUT2D eigenvalue weighted by molar-refractivity contribution is 5.79. The third-order valence-electron chi connectivity index (χ3n) is 6.11. The van der Waals surface area contributed by atoms with Crippen LogP contribution in [0, 0.1) is 24.7 Å². The quantitative estimate of drug-likeness (QED) is 0.889. The molecule has 2 fully saturated rings. The van der Waals surface area contributed by atoms with Crippen LogP contribution in [-0.2, 0) is 11.8 Å². The summed E-state index contributed by atoms with van der Waals surface area (Å²) in [5, 5.41) is 11.4. The number of amides is 1. The van der Waals surface area contributed by atoms with E-state index >= 15 is 0 Å². The van der Waals surface area contributed by atoms with Gasteiger partial charge in [-0.2, -0.15) is 10.1 Å². The smallest absolute Gasteiger partial charge is 0.223 e. The number of aryl methyl sites for hydroxylation is 2. The van der Waals surface area contributed by atoms with Gasteiger partial charge in [-0.25, -0.2) is 0 Å². The molecule has 2 aromatic rings. The number of aromatic nitrogens is 4. The predicted octanol–water partition coefficient (Wildman–Crippen LogP) is 2.92. The molecule has 0 radical (unpaired) electrons. The minimum absolute atomic E-state index is 0.0819. The van der Waals surface area contributed by atoms with Crippen LogP contribution in [0.3, 0.4) is 0 Å². The van der Waals surface area contributed by atoms with Crippen molar-refractivity contribution >= 4 is 5.91 Å². The van der Waals surface area contributed by atoms with Crippen molar-refractivity contribution in [3.05, 3.63) is 29.7 Å². The topological polar surface area (TPSA) is 85.8 Å². The summed E-state index contributed by atoms with van der Waals surface area (Å²) in [6.45, 7) is 1.75. The molecule has 2 aliphatic carbocycles. The number of rotatable bonds is 5. The van der Waals surface area contributed by atoms with Gasteiger partial charge in [0.1, 0.15) is 6.04 Å². The van der Waals surface area contributed by atoms with Crippen LogP contribution in [0.2, 0.25) is 0 Å². The Bertz CT molecular complexity index is 715. The molecular formula is C19H27N5O2. The number of carbonyl (C=O) groups is 1. The van der Waals surface area contributed by atoms with E-state index in [9.17, 15) is 4.79 Å². The Morgan fingerprint density at radius 1 is 1.23 bits per heavy atom. The zero-order chi connectivity index (χ0) is 18.1. The molecule has 0 spiro atoms. The molecular weight excluding hydrogens is 330 g/mol. The number of hydrogen-bond acceptors (Lipinski definition) is 5. The predicted molar refractivity (Wildman–Crippen MR) is 95.0 cm³/mol. The minimum Gasteiger partial charge on any atom is -0.342 e. The molecule has 0 bridgehead atoms. The Morgan fingerprint density at radius 3 is 2.50 bits per heavy atom. The second-order valence-corrected chi connectivity index (χ2v) is 7.86. The van der Waals surface area contributed by atoms with Gasteiger partial charge >= 0.3 is 0 Å². The van der Waals surface area contributed by atoms with Gasteiger partial charge in [-0.3, -0.25) is 9.48 Å². The van der Waals surface area contributed by atoms with Gasteiger partial charge < -0.3 is 9.84 Å². The molecule has 26 heavy (non-hydrogen) atoms. The molecule has 2 heterocycles. The Balaban J connectivity index is 1.43. The molecule has 0 aliphatic heterocycles. The van der Waals surface area contributed by atoms with Crippen LogP contribution >= 0.6 is 0 Å². The average Bonchev–Trinajstić information content (AvgIpc) is 3.20. The van der Waals surface area contributed by atoms with Gasteiger partial charge in [-0.1, -0.05) is 24.4 Å². The summed E-state index contributed by atoms with van der Waals surface area (Å²) in [6, 6.07) is -0.419. The Kier molecular flexibility index (Phi) is 4.78. The zero-order valence-corrected chi connectivity index (χ0v) is 15.5. The van der Waals surface area contributed by atoms with Crippen LogP contribution in [0.1, 0.15) is 68.3 Å². The van der Waals surface area contributed by atoms with E-state index in [-0.39, 0.29) is 11.8 Å². The summed E-state index contributed by atoms with van der Waals surface area (Å²) in [5.74, 6) is 2.90. The van der Waals surface area contributed by atoms with Crippen LogP contribution in [0.25, 0.3) is 0 Å². The Morgan fingerprint density at radius 2 is 1.96 bits per heavy atom. The van der Waals surface area contributed by atoms with Crippen LogP contribution in [0.5, 0.6) is 0 Å². The van der Waals surface area contributed by atoms with E-state index < -0.39 is 6.04 Å². The van der Waals surface area contributed by atoms with Crippen molar-refractivity contribution in [2.75, 3.05) is 0 Å². The van der Waals surface area contributed by atoms with E-state index in [0.29, 0.717) is 11.7 Å². The van der Waals surface area contributed by atoms with E-state index in [4.69, 9.17) is 4.52 Å². The summed E-state index contributed by atoms with van der Waals surface area (Å²) in [4.78, 5) is 17.2. The van der Waals surface area contributed by atoms with E-state index in [1.807, 2.05) is 13.2 Å². The molecule has 2 aromatic heterocycles. The fraction of sp³-hybridized carbons (Fsp3) is 0.684. The number of nitrogens with one attached hydrogen (secondary N) is 1. The summed E-state index contributed by atoms with van der Waals surface area (Å²) in [7, 11) is 1.85. The van der Waals surface area contributed by atoms with E-state index in [0.717, 1.165) is 30.2 Å². The zero-order valence-electron chi connectivity index (χ0n) is 15.5. The van der Waals surface area contributed by atoms with Crippen molar-refractivity contribution < 1.29 is 9.32 Å². The minimum atomic E-state index is -0.419. The third kappa shape index (κ3) is 3.52. The van der Waals surface area contributed by atoms with Crippen molar-refractivity contribution in [2.24, 2.45) is 24.8 Å². The molecule has 2 saturated carbocycles. The first kappa shape index (κ1) is 17.2. The van der Waals surface area contributed by atoms with Gasteiger partial charge in [0.2, 0.25) is 11.8 Å². The molecule has 1 N–H and O–H groups in total. The van der Waals surface area contributed by atoms with E-state index in [1.54, 1.807) is 17.8 Å². The lowest BCUT2D eigenvalue weighted by atomic mass is 9.68. The summed E-state index contributed by atoms with van der Waals surface area (Å²) in [6.07, 6.45) is 12.1. The molecule has 140 valence electrons. The van der Waals surface area contributed by atoms with Gasteiger partial charge in [0.05, 0.1) is 6.20 Å². The lowest BCUT2D eigenvalue weighted by molar-refractivity contribution is -0.127. The summed E-state index contributed by atoms with van der Waals surface area (Å²) < 4.78 is 6.83. The SMILES string of the molecule is Cc1nc(C(NC(=O)C2CCC(C3CCC3)CC2)c2cnn(C)c2)no1. The number of nitrogens with zero attached hydrogens (tertiary/aromatic N) is 4. The van der Waals surface area contributed by atoms with Crippen LogP contribution in [0.15, 0.2) is 16.9 Å². The Labute approximate surface area is 153 Å². The lowest BCUT2D eigenvalue weighted by Crippen LogP contribution is -2.37. The van der Waals surface area contributed by atoms with Crippen LogP contribution in [0.4, 0.5) is 0 Å². The summed E-state index contributed by atoms with van der Waals surface area (Å²) >= 11 is 0. The van der Waals surface area contributed by atoms with E-state index in [1.165, 1.54) is 32.1 Å². The second kappa shape index (κ2) is 7.21. The molecule has 7 heteroatoms. The molecule has 7 nitrogen and oxygen atoms in total. The summed E-state index contributed by atoms with van der Waals surface area (Å²) in [5.41, 5.74) is 0.866. The van der Waals surface area contributed by atoms with Crippen LogP contribution < -0.4 is 5.32 Å². The maximum absolute atomic E-state index is 12.9. The van der Waals surface area contributed by atoms with Gasteiger partial charge in [0, 0.05) is 31.6 Å². The third-order valence-corrected chi connectivity index (χ3v) is 6.11. The standard InChI is InChI=1S/C19H27N5O2/c1-12-21-18(23-26-12)17(16-10-20-24(2)11-16)22-19(25)15-8-6-14(7-9-15)13-4-3-5-13/h10-11,13-15,17H,3-9H2,1-2H3,(H,22,25). The number of hydrogen-bond donors (Lipinski definition) is 1. The monoisotopic (exact) mass is 357 g/mol. The van der Waals surface area contributed by atoms with Gasteiger partial charge in [-0.15, -0.1) is 0 Å². The highest BCUT2D eigenvalue weighted by Crippen LogP contribution is 2.42. The fourth-order valence-corrected chi connectivity index (χ4v) is 4.34. The molecule has 1 amide bonds. The van der Waals surface area contributed by atoms with Gasteiger partial charge in [-0.05, 0) is 37.5 Å². The molecule has 1 atom stereocenters. The first-order valence-corrected chi connectivity index (χ1v) is 9.69. The maximum atomic E-state index is 12.9. The molecule has 2 aliphatic rings. The lowest BCUT2D eigenvalue weighted by Gasteiger charge is -2.38. The highest BCUT2D eigenvalue weighted by Gasteiger charge is 2.34. The van der Waals surface area contributed by atoms with Gasteiger partial charge in [0.15, 0.2) is 5.82 Å². The fourth-order valence-electron chi connectivity index (χ4n) is 4.34. The van der Waals surface area contributed by atoms with E-state index in [2.05, 4.69) is 20.6 Å². The maximum Gasteiger partial charge on any atom is 0.223 e. The van der Waals surface area contributed by atoms with Crippen molar-refractivity contribution in [1.29, 1.82) is 0 Å². The largest absolute Gasteiger partial charge is 0.342 e. The number of carbonyl (C=O) groups excluding carboxylic acids is 1. The van der Waals surface area contributed by atoms with Crippen molar-refractivity contribution in [2.45, 2.75) is 57.9 Å².